The van der Waals surface area contributed by atoms with E-state index in [0.717, 1.165) is 64.2 Å². The standard InChI is InChI=1S/C26H36N4O3/c1-29-16-18-32-17-5-4-10-26(20-33-23-9-3-2-7-21(23)19-29)11-14-30(15-12-26)25(31)22-8-6-13-28-24(22)27/h2-3,6-9,13H,4-5,10-12,14-20H2,1H3,(H2,27,28). The van der Waals surface area contributed by atoms with Crippen molar-refractivity contribution < 1.29 is 14.3 Å². The zero-order valence-corrected chi connectivity index (χ0v) is 19.7. The highest BCUT2D eigenvalue weighted by atomic mass is 16.5. The Hall–Kier alpha value is -2.64. The van der Waals surface area contributed by atoms with E-state index in [2.05, 4.69) is 35.1 Å². The van der Waals surface area contributed by atoms with Crippen molar-refractivity contribution in [3.05, 3.63) is 53.7 Å². The van der Waals surface area contributed by atoms with Crippen LogP contribution in [-0.4, -0.2) is 67.2 Å². The zero-order valence-electron chi connectivity index (χ0n) is 19.7. The molecule has 1 fully saturated rings. The Labute approximate surface area is 196 Å². The number of benzene rings is 1. The molecule has 7 heteroatoms. The van der Waals surface area contributed by atoms with Gasteiger partial charge >= 0.3 is 0 Å². The van der Waals surface area contributed by atoms with Crippen molar-refractivity contribution >= 4 is 11.7 Å². The monoisotopic (exact) mass is 452 g/mol. The van der Waals surface area contributed by atoms with Gasteiger partial charge in [0.25, 0.3) is 5.91 Å². The second-order valence-corrected chi connectivity index (χ2v) is 9.43. The van der Waals surface area contributed by atoms with Crippen molar-refractivity contribution in [2.24, 2.45) is 5.41 Å². The summed E-state index contributed by atoms with van der Waals surface area (Å²) in [6.45, 7) is 5.37. The Balaban J connectivity index is 1.46. The fourth-order valence-corrected chi connectivity index (χ4v) is 4.82. The van der Waals surface area contributed by atoms with Crippen LogP contribution in [0.5, 0.6) is 5.75 Å². The van der Waals surface area contributed by atoms with E-state index < -0.39 is 0 Å². The van der Waals surface area contributed by atoms with E-state index in [-0.39, 0.29) is 11.3 Å². The molecule has 1 aromatic heterocycles. The summed E-state index contributed by atoms with van der Waals surface area (Å²) in [5.41, 5.74) is 7.70. The fourth-order valence-electron chi connectivity index (χ4n) is 4.82. The van der Waals surface area contributed by atoms with Crippen molar-refractivity contribution in [2.45, 2.75) is 38.6 Å². The lowest BCUT2D eigenvalue weighted by Crippen LogP contribution is -2.45. The number of likely N-dealkylation sites (tertiary alicyclic amines) is 1. The third-order valence-corrected chi connectivity index (χ3v) is 6.99. The van der Waals surface area contributed by atoms with Crippen LogP contribution in [0.15, 0.2) is 42.6 Å². The van der Waals surface area contributed by atoms with E-state index in [1.54, 1.807) is 18.3 Å². The number of rotatable bonds is 1. The smallest absolute Gasteiger partial charge is 0.257 e. The maximum absolute atomic E-state index is 13.0. The van der Waals surface area contributed by atoms with E-state index in [9.17, 15) is 4.79 Å². The number of fused-ring (bicyclic) bond motifs is 1. The molecule has 1 spiro atoms. The van der Waals surface area contributed by atoms with Gasteiger partial charge in [0, 0.05) is 50.0 Å². The predicted molar refractivity (Wildman–Crippen MR) is 129 cm³/mol. The lowest BCUT2D eigenvalue weighted by molar-refractivity contribution is 0.0333. The topological polar surface area (TPSA) is 80.9 Å². The first-order chi connectivity index (χ1) is 16.1. The second-order valence-electron chi connectivity index (χ2n) is 9.43. The number of pyridine rings is 1. The third kappa shape index (κ3) is 6.03. The summed E-state index contributed by atoms with van der Waals surface area (Å²) in [7, 11) is 2.12. The van der Waals surface area contributed by atoms with Gasteiger partial charge in [-0.25, -0.2) is 4.98 Å². The van der Waals surface area contributed by atoms with Gasteiger partial charge in [-0.15, -0.1) is 0 Å². The number of nitrogens with two attached hydrogens (primary N) is 1. The summed E-state index contributed by atoms with van der Waals surface area (Å²) in [6.07, 6.45) is 6.68. The summed E-state index contributed by atoms with van der Waals surface area (Å²) in [5, 5.41) is 0. The Morgan fingerprint density at radius 3 is 2.67 bits per heavy atom. The molecule has 3 heterocycles. The molecule has 33 heavy (non-hydrogen) atoms. The van der Waals surface area contributed by atoms with Crippen LogP contribution in [0.3, 0.4) is 0 Å². The van der Waals surface area contributed by atoms with Crippen molar-refractivity contribution in [1.29, 1.82) is 0 Å². The number of amides is 1. The van der Waals surface area contributed by atoms with E-state index in [0.29, 0.717) is 31.1 Å². The number of nitrogens with zero attached hydrogens (tertiary/aromatic N) is 3. The Morgan fingerprint density at radius 2 is 1.85 bits per heavy atom. The summed E-state index contributed by atoms with van der Waals surface area (Å²) in [6, 6.07) is 11.8. The minimum atomic E-state index is -0.0287. The average molecular weight is 453 g/mol. The molecule has 2 N–H and O–H groups in total. The Bertz CT molecular complexity index is 927. The summed E-state index contributed by atoms with van der Waals surface area (Å²) >= 11 is 0. The number of carbonyl (C=O) groups is 1. The Kier molecular flexibility index (Phi) is 7.83. The Morgan fingerprint density at radius 1 is 1.03 bits per heavy atom. The number of aromatic nitrogens is 1. The van der Waals surface area contributed by atoms with Crippen molar-refractivity contribution in [3.8, 4) is 5.75 Å². The summed E-state index contributed by atoms with van der Waals surface area (Å²) < 4.78 is 12.4. The van der Waals surface area contributed by atoms with Gasteiger partial charge < -0.3 is 20.1 Å². The van der Waals surface area contributed by atoms with Gasteiger partial charge in [0.05, 0.1) is 18.8 Å². The van der Waals surface area contributed by atoms with E-state index in [1.807, 2.05) is 11.0 Å². The molecular formula is C26H36N4O3. The van der Waals surface area contributed by atoms with Crippen molar-refractivity contribution in [3.63, 3.8) is 0 Å². The van der Waals surface area contributed by atoms with Crippen LogP contribution < -0.4 is 10.5 Å². The maximum atomic E-state index is 13.0. The van der Waals surface area contributed by atoms with Gasteiger partial charge in [-0.05, 0) is 50.9 Å². The number of ether oxygens (including phenoxy) is 2. The van der Waals surface area contributed by atoms with Crippen LogP contribution in [0.1, 0.15) is 48.0 Å². The predicted octanol–water partition coefficient (Wildman–Crippen LogP) is 3.60. The normalized spacial score (nSPS) is 20.5. The number of para-hydroxylation sites is 1. The molecule has 0 atom stereocenters. The number of nitrogen functional groups attached to an aromatic ring is 1. The first kappa shape index (κ1) is 23.5. The average Bonchev–Trinajstić information content (AvgIpc) is 2.83. The van der Waals surface area contributed by atoms with Crippen LogP contribution >= 0.6 is 0 Å². The molecule has 1 saturated heterocycles. The van der Waals surface area contributed by atoms with E-state index in [4.69, 9.17) is 15.2 Å². The SMILES string of the molecule is CN1CCOCCCCC2(CCN(C(=O)c3cccnc3N)CC2)COc2ccccc2C1. The number of carbonyl (C=O) groups excluding carboxylic acids is 1. The molecule has 2 aliphatic rings. The number of anilines is 1. The maximum Gasteiger partial charge on any atom is 0.257 e. The minimum absolute atomic E-state index is 0.0287. The summed E-state index contributed by atoms with van der Waals surface area (Å²) in [4.78, 5) is 21.3. The van der Waals surface area contributed by atoms with E-state index >= 15 is 0 Å². The molecular weight excluding hydrogens is 416 g/mol. The van der Waals surface area contributed by atoms with Crippen molar-refractivity contribution in [1.82, 2.24) is 14.8 Å². The van der Waals surface area contributed by atoms with Gasteiger partial charge in [-0.2, -0.15) is 0 Å². The second kappa shape index (κ2) is 11.0. The van der Waals surface area contributed by atoms with Gasteiger partial charge in [-0.3, -0.25) is 9.69 Å². The molecule has 1 amide bonds. The molecule has 0 saturated carbocycles. The number of hydrogen-bond acceptors (Lipinski definition) is 6. The molecule has 2 aliphatic heterocycles. The van der Waals surface area contributed by atoms with Crippen LogP contribution in [0.4, 0.5) is 5.82 Å². The highest BCUT2D eigenvalue weighted by Crippen LogP contribution is 2.38. The molecule has 0 unspecified atom stereocenters. The fraction of sp³-hybridized carbons (Fsp3) is 0.538. The minimum Gasteiger partial charge on any atom is -0.493 e. The first-order valence-electron chi connectivity index (χ1n) is 12.0. The van der Waals surface area contributed by atoms with Crippen LogP contribution in [0, 0.1) is 5.41 Å². The van der Waals surface area contributed by atoms with Gasteiger partial charge in [-0.1, -0.05) is 24.6 Å². The third-order valence-electron chi connectivity index (χ3n) is 6.99. The lowest BCUT2D eigenvalue weighted by atomic mass is 9.75. The van der Waals surface area contributed by atoms with Gasteiger partial charge in [0.1, 0.15) is 11.6 Å². The first-order valence-corrected chi connectivity index (χ1v) is 12.0. The van der Waals surface area contributed by atoms with Crippen LogP contribution in [0.25, 0.3) is 0 Å². The highest BCUT2D eigenvalue weighted by Gasteiger charge is 2.37. The molecule has 1 aromatic carbocycles. The molecule has 2 aromatic rings. The highest BCUT2D eigenvalue weighted by molar-refractivity contribution is 5.98. The summed E-state index contributed by atoms with van der Waals surface area (Å²) in [5.74, 6) is 1.23. The van der Waals surface area contributed by atoms with Crippen molar-refractivity contribution in [2.75, 3.05) is 52.2 Å². The van der Waals surface area contributed by atoms with Crippen LogP contribution in [-0.2, 0) is 11.3 Å². The molecule has 7 nitrogen and oxygen atoms in total. The largest absolute Gasteiger partial charge is 0.493 e. The molecule has 0 radical (unpaired) electrons. The molecule has 0 bridgehead atoms. The lowest BCUT2D eigenvalue weighted by Gasteiger charge is -2.42. The van der Waals surface area contributed by atoms with Crippen LogP contribution in [0.2, 0.25) is 0 Å². The molecule has 178 valence electrons. The number of hydrogen-bond donors (Lipinski definition) is 1. The van der Waals surface area contributed by atoms with Gasteiger partial charge in [0.2, 0.25) is 0 Å². The number of piperidine rings is 1. The quantitative estimate of drug-likeness (QED) is 0.712. The number of likely N-dealkylation sites (N-methyl/N-ethyl adjacent to an activating group) is 1. The zero-order chi connectivity index (χ0) is 23.1. The van der Waals surface area contributed by atoms with E-state index in [1.165, 1.54) is 5.56 Å². The molecule has 0 aliphatic carbocycles. The molecule has 4 rings (SSSR count). The van der Waals surface area contributed by atoms with Gasteiger partial charge in [0.15, 0.2) is 0 Å².